The lowest BCUT2D eigenvalue weighted by molar-refractivity contribution is 0.473. The van der Waals surface area contributed by atoms with Crippen molar-refractivity contribution in [3.63, 3.8) is 0 Å². The molecule has 0 aliphatic heterocycles. The number of aromatic hydroxyl groups is 2. The third-order valence-corrected chi connectivity index (χ3v) is 3.76. The molecule has 0 aliphatic carbocycles. The molecule has 0 spiro atoms. The van der Waals surface area contributed by atoms with Crippen molar-refractivity contribution < 1.29 is 10.2 Å². The predicted octanol–water partition coefficient (Wildman–Crippen LogP) is 2.59. The Morgan fingerprint density at radius 1 is 1.25 bits per heavy atom. The molecule has 24 heavy (non-hydrogen) atoms. The van der Waals surface area contributed by atoms with Gasteiger partial charge in [0.25, 0.3) is 0 Å². The molecular formula is C17H20N4O2S. The van der Waals surface area contributed by atoms with Gasteiger partial charge in [0, 0.05) is 18.8 Å². The monoisotopic (exact) mass is 344 g/mol. The molecule has 6 nitrogen and oxygen atoms in total. The van der Waals surface area contributed by atoms with Gasteiger partial charge in [-0.05, 0) is 36.2 Å². The highest BCUT2D eigenvalue weighted by Gasteiger charge is 2.17. The molecular weight excluding hydrogens is 324 g/mol. The molecule has 2 rings (SSSR count). The minimum atomic E-state index is -0.0204. The van der Waals surface area contributed by atoms with Gasteiger partial charge in [-0.3, -0.25) is 5.43 Å². The molecule has 0 saturated carbocycles. The highest BCUT2D eigenvalue weighted by atomic mass is 32.1. The van der Waals surface area contributed by atoms with Gasteiger partial charge in [0.15, 0.2) is 5.84 Å². The normalized spacial score (nSPS) is 11.2. The van der Waals surface area contributed by atoms with Crippen LogP contribution in [0.1, 0.15) is 18.1 Å². The molecule has 0 fully saturated rings. The van der Waals surface area contributed by atoms with Gasteiger partial charge < -0.3 is 20.8 Å². The van der Waals surface area contributed by atoms with Crippen molar-refractivity contribution in [2.24, 2.45) is 5.10 Å². The Hall–Kier alpha value is -2.80. The number of rotatable bonds is 5. The number of phenolic OH excluding ortho intramolecular Hbond substituents is 2. The molecule has 2 aromatic rings. The first-order valence-electron chi connectivity index (χ1n) is 7.39. The summed E-state index contributed by atoms with van der Waals surface area (Å²) in [4.78, 5) is 1.72. The average molecular weight is 344 g/mol. The van der Waals surface area contributed by atoms with Gasteiger partial charge in [0.05, 0.1) is 16.7 Å². The maximum absolute atomic E-state index is 10.3. The van der Waals surface area contributed by atoms with Crippen molar-refractivity contribution in [1.29, 1.82) is 0 Å². The second kappa shape index (κ2) is 7.65. The summed E-state index contributed by atoms with van der Waals surface area (Å²) in [5, 5.41) is 24.3. The molecule has 0 atom stereocenters. The average Bonchev–Trinajstić information content (AvgIpc) is 2.58. The zero-order valence-electron chi connectivity index (χ0n) is 13.5. The maximum Gasteiger partial charge on any atom is 0.164 e. The van der Waals surface area contributed by atoms with E-state index in [1.54, 1.807) is 30.1 Å². The van der Waals surface area contributed by atoms with Crippen LogP contribution in [0.25, 0.3) is 0 Å². The van der Waals surface area contributed by atoms with Crippen molar-refractivity contribution in [3.8, 4) is 11.5 Å². The summed E-state index contributed by atoms with van der Waals surface area (Å²) in [6.45, 7) is 2.03. The van der Waals surface area contributed by atoms with Crippen LogP contribution in [0.15, 0.2) is 41.5 Å². The Labute approximate surface area is 146 Å². The van der Waals surface area contributed by atoms with Crippen molar-refractivity contribution in [3.05, 3.63) is 47.5 Å². The minimum absolute atomic E-state index is 0.0204. The lowest BCUT2D eigenvalue weighted by Gasteiger charge is -2.23. The largest absolute Gasteiger partial charge is 0.507 e. The van der Waals surface area contributed by atoms with E-state index in [0.29, 0.717) is 22.8 Å². The maximum atomic E-state index is 10.3. The van der Waals surface area contributed by atoms with Crippen molar-refractivity contribution in [2.45, 2.75) is 13.3 Å². The van der Waals surface area contributed by atoms with Crippen molar-refractivity contribution in [2.75, 3.05) is 17.7 Å². The van der Waals surface area contributed by atoms with Gasteiger partial charge in [0.2, 0.25) is 0 Å². The van der Waals surface area contributed by atoms with E-state index < -0.39 is 0 Å². The minimum Gasteiger partial charge on any atom is -0.507 e. The number of hydrogen-bond donors (Lipinski definition) is 4. The number of benzene rings is 2. The topological polar surface area (TPSA) is 94.1 Å². The standard InChI is InChI=1S/C17H20N4O2S/c1-3-11-4-7-15(22)13(8-11)17(20-19-10-24)21(2)12-5-6-14(18)16(23)9-12/h4-10,22-23H,3,18H2,1-2H3,(H,19,24)/b20-17-. The van der Waals surface area contributed by atoms with Crippen LogP contribution in [0.3, 0.4) is 0 Å². The number of nitrogens with two attached hydrogens (primary N) is 1. The van der Waals surface area contributed by atoms with Crippen LogP contribution in [-0.2, 0) is 6.42 Å². The van der Waals surface area contributed by atoms with Gasteiger partial charge >= 0.3 is 0 Å². The van der Waals surface area contributed by atoms with E-state index in [4.69, 9.17) is 18.0 Å². The zero-order valence-corrected chi connectivity index (χ0v) is 14.3. The molecule has 0 saturated heterocycles. The molecule has 0 aromatic heterocycles. The molecule has 0 bridgehead atoms. The van der Waals surface area contributed by atoms with E-state index in [2.05, 4.69) is 10.5 Å². The highest BCUT2D eigenvalue weighted by Crippen LogP contribution is 2.28. The summed E-state index contributed by atoms with van der Waals surface area (Å²) in [6, 6.07) is 10.2. The first-order chi connectivity index (χ1) is 11.5. The zero-order chi connectivity index (χ0) is 17.7. The number of hydrazone groups is 1. The third kappa shape index (κ3) is 3.75. The molecule has 0 amide bonds. The first-order valence-corrected chi connectivity index (χ1v) is 7.86. The van der Waals surface area contributed by atoms with Gasteiger partial charge in [-0.15, -0.1) is 0 Å². The molecule has 2 aromatic carbocycles. The van der Waals surface area contributed by atoms with E-state index in [-0.39, 0.29) is 11.5 Å². The number of aryl methyl sites for hydroxylation is 1. The first kappa shape index (κ1) is 17.6. The number of thiocarbonyl (C=S) groups is 1. The second-order valence-corrected chi connectivity index (χ2v) is 5.43. The van der Waals surface area contributed by atoms with Gasteiger partial charge in [0.1, 0.15) is 11.5 Å². The number of phenols is 2. The molecule has 0 heterocycles. The Bertz CT molecular complexity index is 777. The van der Waals surface area contributed by atoms with Crippen LogP contribution in [0.4, 0.5) is 11.4 Å². The number of nitrogens with one attached hydrogen (secondary N) is 1. The van der Waals surface area contributed by atoms with Crippen LogP contribution in [0.5, 0.6) is 11.5 Å². The fourth-order valence-electron chi connectivity index (χ4n) is 2.25. The smallest absolute Gasteiger partial charge is 0.164 e. The summed E-state index contributed by atoms with van der Waals surface area (Å²) >= 11 is 4.76. The summed E-state index contributed by atoms with van der Waals surface area (Å²) in [5.74, 6) is 0.532. The molecule has 0 unspecified atom stereocenters. The van der Waals surface area contributed by atoms with Crippen LogP contribution >= 0.6 is 12.2 Å². The van der Waals surface area contributed by atoms with Crippen LogP contribution in [0.2, 0.25) is 0 Å². The number of amidine groups is 1. The Morgan fingerprint density at radius 2 is 2.00 bits per heavy atom. The van der Waals surface area contributed by atoms with Gasteiger partial charge in [-0.2, -0.15) is 5.10 Å². The van der Waals surface area contributed by atoms with Gasteiger partial charge in [-0.25, -0.2) is 0 Å². The molecule has 0 aliphatic rings. The van der Waals surface area contributed by atoms with Crippen molar-refractivity contribution >= 4 is 34.9 Å². The molecule has 0 radical (unpaired) electrons. The predicted molar refractivity (Wildman–Crippen MR) is 102 cm³/mol. The molecule has 126 valence electrons. The number of hydrogen-bond acceptors (Lipinski definition) is 5. The van der Waals surface area contributed by atoms with E-state index in [0.717, 1.165) is 12.0 Å². The van der Waals surface area contributed by atoms with Crippen LogP contribution in [-0.4, -0.2) is 28.6 Å². The quantitative estimate of drug-likeness (QED) is 0.166. The summed E-state index contributed by atoms with van der Waals surface area (Å²) in [6.07, 6.45) is 0.827. The SMILES string of the molecule is CCc1ccc(O)c(/C(=N/NC=S)N(C)c2ccc(N)c(O)c2)c1. The van der Waals surface area contributed by atoms with Gasteiger partial charge in [-0.1, -0.05) is 25.2 Å². The lowest BCUT2D eigenvalue weighted by Crippen LogP contribution is -2.29. The van der Waals surface area contributed by atoms with E-state index in [1.165, 1.54) is 11.6 Å². The summed E-state index contributed by atoms with van der Waals surface area (Å²) in [7, 11) is 1.77. The van der Waals surface area contributed by atoms with E-state index in [9.17, 15) is 10.2 Å². The van der Waals surface area contributed by atoms with E-state index in [1.807, 2.05) is 19.1 Å². The van der Waals surface area contributed by atoms with E-state index >= 15 is 0 Å². The fraction of sp³-hybridized carbons (Fsp3) is 0.176. The Balaban J connectivity index is 2.52. The Morgan fingerprint density at radius 3 is 2.62 bits per heavy atom. The fourth-order valence-corrected chi connectivity index (χ4v) is 2.30. The lowest BCUT2D eigenvalue weighted by atomic mass is 10.1. The Kier molecular flexibility index (Phi) is 5.59. The highest BCUT2D eigenvalue weighted by molar-refractivity contribution is 7.78. The number of nitrogen functional groups attached to an aromatic ring is 1. The summed E-state index contributed by atoms with van der Waals surface area (Å²) < 4.78 is 0. The summed E-state index contributed by atoms with van der Waals surface area (Å²) in [5.41, 5.74) is 12.1. The third-order valence-electron chi connectivity index (χ3n) is 3.65. The molecule has 5 N–H and O–H groups in total. The van der Waals surface area contributed by atoms with Crippen LogP contribution in [0, 0.1) is 0 Å². The molecule has 7 heteroatoms. The number of anilines is 2. The van der Waals surface area contributed by atoms with Crippen LogP contribution < -0.4 is 16.1 Å². The number of nitrogens with zero attached hydrogens (tertiary/aromatic N) is 2. The van der Waals surface area contributed by atoms with Crippen molar-refractivity contribution in [1.82, 2.24) is 5.43 Å². The second-order valence-electron chi connectivity index (χ2n) is 5.19.